The van der Waals surface area contributed by atoms with Crippen molar-refractivity contribution in [1.82, 2.24) is 9.38 Å². The molecule has 4 bridgehead atoms. The van der Waals surface area contributed by atoms with Gasteiger partial charge in [0.25, 0.3) is 11.7 Å². The van der Waals surface area contributed by atoms with Crippen molar-refractivity contribution in [3.63, 3.8) is 0 Å². The van der Waals surface area contributed by atoms with Gasteiger partial charge in [-0.3, -0.25) is 18.8 Å². The number of methoxy groups -OCH3 is 1. The minimum absolute atomic E-state index is 0.0185. The number of fused-ring (bicyclic) bond motifs is 2. The van der Waals surface area contributed by atoms with E-state index < -0.39 is 77.3 Å². The summed E-state index contributed by atoms with van der Waals surface area (Å²) < 4.78 is 25.5. The maximum absolute atomic E-state index is 14.6. The molecule has 57 heavy (non-hydrogen) atoms. The topological polar surface area (TPSA) is 198 Å². The van der Waals surface area contributed by atoms with Crippen molar-refractivity contribution in [3.8, 4) is 17.2 Å². The quantitative estimate of drug-likeness (QED) is 0.115. The van der Waals surface area contributed by atoms with E-state index in [9.17, 15) is 34.8 Å². The van der Waals surface area contributed by atoms with Crippen molar-refractivity contribution in [2.24, 2.45) is 23.7 Å². The third-order valence-electron chi connectivity index (χ3n) is 11.5. The number of aromatic hydroxyl groups is 2. The molecule has 9 atom stereocenters. The lowest BCUT2D eigenvalue weighted by Gasteiger charge is -2.38. The Balaban J connectivity index is 1.58. The molecule has 5 N–H and O–H groups in total. The number of ether oxygens (including phenoxy) is 4. The number of hydrogen-bond acceptors (Lipinski definition) is 12. The molecule has 0 fully saturated rings. The molecule has 0 saturated heterocycles. The number of Topliss-reactive ketones (excluding diaryl/α,β-unsaturated/α-hetero) is 1. The van der Waals surface area contributed by atoms with Crippen LogP contribution in [0.15, 0.2) is 54.5 Å². The highest BCUT2D eigenvalue weighted by Gasteiger charge is 2.50. The second-order valence-electron chi connectivity index (χ2n) is 15.6. The largest absolute Gasteiger partial charge is 0.507 e. The molecule has 2 aromatic carbocycles. The number of benzene rings is 2. The Hall–Kier alpha value is -5.44. The molecule has 0 radical (unpaired) electrons. The van der Waals surface area contributed by atoms with Crippen LogP contribution in [0.3, 0.4) is 0 Å². The number of esters is 1. The molecular formula is C43H51N3O11. The summed E-state index contributed by atoms with van der Waals surface area (Å²) in [7, 11) is 1.46. The number of carbonyl (C=O) groups excluding carboxylic acids is 3. The number of hydrogen-bond donors (Lipinski definition) is 5. The number of aliphatic hydroxyl groups is 2. The fourth-order valence-electron chi connectivity index (χ4n) is 8.03. The van der Waals surface area contributed by atoms with Gasteiger partial charge in [0.15, 0.2) is 5.75 Å². The molecule has 0 saturated carbocycles. The number of aryl methyl sites for hydroxylation is 1. The van der Waals surface area contributed by atoms with Crippen molar-refractivity contribution in [3.05, 3.63) is 71.2 Å². The number of carbonyl (C=O) groups is 3. The number of aromatic nitrogens is 2. The van der Waals surface area contributed by atoms with E-state index in [1.165, 1.54) is 40.2 Å². The molecule has 304 valence electrons. The van der Waals surface area contributed by atoms with E-state index in [4.69, 9.17) is 23.9 Å². The number of allylic oxidation sites excluding steroid dienone is 2. The highest BCUT2D eigenvalue weighted by molar-refractivity contribution is 6.28. The van der Waals surface area contributed by atoms with E-state index in [1.54, 1.807) is 63.4 Å². The van der Waals surface area contributed by atoms with Crippen LogP contribution in [0.2, 0.25) is 0 Å². The summed E-state index contributed by atoms with van der Waals surface area (Å²) in [5.41, 5.74) is 2.18. The van der Waals surface area contributed by atoms with Crippen LogP contribution in [-0.2, 0) is 23.8 Å². The van der Waals surface area contributed by atoms with Gasteiger partial charge in [-0.25, -0.2) is 4.98 Å². The van der Waals surface area contributed by atoms with Crippen molar-refractivity contribution in [2.75, 3.05) is 12.4 Å². The number of nitrogens with one attached hydrogen (secondary N) is 1. The van der Waals surface area contributed by atoms with Crippen molar-refractivity contribution in [2.45, 2.75) is 92.5 Å². The van der Waals surface area contributed by atoms with Gasteiger partial charge in [-0.1, -0.05) is 45.9 Å². The summed E-state index contributed by atoms with van der Waals surface area (Å²) in [5, 5.41) is 49.4. The average molecular weight is 786 g/mol. The third kappa shape index (κ3) is 7.10. The standard InChI is InChI=1S/C43H51N3O11/c1-19-14-16-46-28(18-19)44-32-29-30-37(50)25(7)40-31(29)41(52)43(9,57-40)55-17-15-27(54-10)22(4)39(56-26(8)47)24(6)36(49)23(5)35(48)20(2)12-11-13-21(3)42(53)45-33(34(32)46)38(30)51/h11-18,20,22-24,27,35-36,39,48-51H,1-10H3,(H,45,53)/t20-,22+,23+,24+,27-,35?,36+,39?,43-/m0/s1. The normalized spacial score (nSPS) is 28.8. The summed E-state index contributed by atoms with van der Waals surface area (Å²) in [5.74, 6) is -6.96. The number of aliphatic hydroxyl groups excluding tert-OH is 2. The van der Waals surface area contributed by atoms with Crippen LogP contribution in [0.5, 0.6) is 17.2 Å². The molecule has 0 aliphatic carbocycles. The molecule has 1 amide bonds. The summed E-state index contributed by atoms with van der Waals surface area (Å²) >= 11 is 0. The number of pyridine rings is 1. The average Bonchev–Trinajstić information content (AvgIpc) is 3.67. The number of nitrogens with zero attached hydrogens (tertiary/aromatic N) is 2. The van der Waals surface area contributed by atoms with Gasteiger partial charge in [0.05, 0.1) is 35.5 Å². The first-order valence-corrected chi connectivity index (χ1v) is 19.0. The smallest absolute Gasteiger partial charge is 0.312 e. The van der Waals surface area contributed by atoms with Crippen LogP contribution in [-0.4, -0.2) is 84.8 Å². The Bertz CT molecular complexity index is 2380. The van der Waals surface area contributed by atoms with Crippen molar-refractivity contribution in [1.29, 1.82) is 0 Å². The van der Waals surface area contributed by atoms with E-state index in [0.717, 1.165) is 5.56 Å². The van der Waals surface area contributed by atoms with Gasteiger partial charge < -0.3 is 44.7 Å². The van der Waals surface area contributed by atoms with Crippen LogP contribution in [0.4, 0.5) is 5.69 Å². The fraction of sp³-hybridized carbons (Fsp3) is 0.442. The fourth-order valence-corrected chi connectivity index (χ4v) is 8.03. The number of rotatable bonds is 2. The van der Waals surface area contributed by atoms with Gasteiger partial charge in [0.1, 0.15) is 40.0 Å². The number of phenols is 2. The zero-order valence-electron chi connectivity index (χ0n) is 33.8. The van der Waals surface area contributed by atoms with Gasteiger partial charge in [0.2, 0.25) is 0 Å². The predicted octanol–water partition coefficient (Wildman–Crippen LogP) is 6.16. The molecule has 2 aromatic heterocycles. The monoisotopic (exact) mass is 785 g/mol. The lowest BCUT2D eigenvalue weighted by molar-refractivity contribution is -0.160. The zero-order valence-corrected chi connectivity index (χ0v) is 33.8. The first-order chi connectivity index (χ1) is 26.8. The molecule has 6 rings (SSSR count). The van der Waals surface area contributed by atoms with E-state index in [2.05, 4.69) is 5.32 Å². The number of anilines is 1. The minimum Gasteiger partial charge on any atom is -0.507 e. The summed E-state index contributed by atoms with van der Waals surface area (Å²) in [6, 6.07) is 3.64. The van der Waals surface area contributed by atoms with E-state index in [-0.39, 0.29) is 55.7 Å². The van der Waals surface area contributed by atoms with Crippen LogP contribution < -0.4 is 10.1 Å². The van der Waals surface area contributed by atoms with Crippen LogP contribution in [0, 0.1) is 37.5 Å². The molecule has 2 unspecified atom stereocenters. The minimum atomic E-state index is -1.96. The molecule has 0 spiro atoms. The van der Waals surface area contributed by atoms with E-state index >= 15 is 0 Å². The van der Waals surface area contributed by atoms with Crippen LogP contribution in [0.1, 0.15) is 70.0 Å². The molecule has 4 heterocycles. The number of phenolic OH excluding ortho intramolecular Hbond substituents is 2. The molecule has 2 aliphatic heterocycles. The van der Waals surface area contributed by atoms with Gasteiger partial charge >= 0.3 is 11.8 Å². The Morgan fingerprint density at radius 2 is 1.68 bits per heavy atom. The van der Waals surface area contributed by atoms with Gasteiger partial charge in [-0.05, 0) is 44.5 Å². The lowest BCUT2D eigenvalue weighted by Crippen LogP contribution is -2.46. The van der Waals surface area contributed by atoms with Gasteiger partial charge in [-0.15, -0.1) is 0 Å². The Labute approximate surface area is 330 Å². The third-order valence-corrected chi connectivity index (χ3v) is 11.5. The summed E-state index contributed by atoms with van der Waals surface area (Å²) in [6.45, 7) is 14.7. The maximum atomic E-state index is 14.6. The first kappa shape index (κ1) is 41.2. The maximum Gasteiger partial charge on any atom is 0.312 e. The Morgan fingerprint density at radius 3 is 2.35 bits per heavy atom. The van der Waals surface area contributed by atoms with Crippen molar-refractivity contribution >= 4 is 50.8 Å². The molecule has 4 aromatic rings. The molecule has 2 aliphatic rings. The number of ketones is 1. The summed E-state index contributed by atoms with van der Waals surface area (Å²) in [6.07, 6.45) is 5.62. The second-order valence-corrected chi connectivity index (χ2v) is 15.6. The second kappa shape index (κ2) is 15.5. The van der Waals surface area contributed by atoms with Crippen molar-refractivity contribution < 1.29 is 53.8 Å². The van der Waals surface area contributed by atoms with Gasteiger partial charge in [-0.2, -0.15) is 0 Å². The Morgan fingerprint density at radius 1 is 0.982 bits per heavy atom. The molecule has 14 heteroatoms. The first-order valence-electron chi connectivity index (χ1n) is 19.0. The Kier molecular flexibility index (Phi) is 11.2. The van der Waals surface area contributed by atoms with Gasteiger partial charge in [0, 0.05) is 67.3 Å². The van der Waals surface area contributed by atoms with E-state index in [0.29, 0.717) is 5.65 Å². The van der Waals surface area contributed by atoms with Crippen LogP contribution >= 0.6 is 0 Å². The zero-order chi connectivity index (χ0) is 41.8. The predicted molar refractivity (Wildman–Crippen MR) is 213 cm³/mol. The highest BCUT2D eigenvalue weighted by atomic mass is 16.7. The lowest BCUT2D eigenvalue weighted by atomic mass is 9.78. The summed E-state index contributed by atoms with van der Waals surface area (Å²) in [4.78, 5) is 45.6. The molecule has 14 nitrogen and oxygen atoms in total. The highest BCUT2D eigenvalue weighted by Crippen LogP contribution is 2.54. The SMILES string of the molecule is CO[C@H]1C=CO[C@@]2(C)Oc3c(C)c(O)c4c(O)c(c5c(nc6cc(C)ccn65)c4c3C2=O)NC(=O)C(C)=CC=C[C@H](C)C(O)[C@@H](C)[C@@H](O)[C@@H](C)C(OC(C)=O)[C@@H]1C. The number of imidazole rings is 1. The molecular weight excluding hydrogens is 734 g/mol. The van der Waals surface area contributed by atoms with E-state index in [1.807, 2.05) is 19.1 Å². The van der Waals surface area contributed by atoms with Crippen LogP contribution in [0.25, 0.3) is 27.5 Å². The number of amides is 1.